The number of piperidine rings is 1. The Kier molecular flexibility index (Phi) is 9.09. The number of carbonyl (C=O) groups excluding carboxylic acids is 1. The number of aromatic nitrogens is 1. The minimum Gasteiger partial charge on any atom is -0.357 e. The highest BCUT2D eigenvalue weighted by molar-refractivity contribution is 14.0. The number of likely N-dealkylation sites (tertiary alicyclic amines) is 1. The second-order valence-electron chi connectivity index (χ2n) is 6.77. The molecule has 2 fully saturated rings. The molecule has 1 aromatic rings. The van der Waals surface area contributed by atoms with Gasteiger partial charge in [-0.3, -0.25) is 4.79 Å². The van der Waals surface area contributed by atoms with Gasteiger partial charge < -0.3 is 20.0 Å². The Morgan fingerprint density at radius 3 is 2.44 bits per heavy atom. The quantitative estimate of drug-likeness (QED) is 0.400. The van der Waals surface area contributed by atoms with Crippen LogP contribution in [0.15, 0.2) is 29.4 Å². The van der Waals surface area contributed by atoms with Gasteiger partial charge in [-0.25, -0.2) is 9.98 Å². The highest BCUT2D eigenvalue weighted by atomic mass is 127. The van der Waals surface area contributed by atoms with E-state index in [1.807, 2.05) is 29.3 Å². The molecule has 1 aromatic heterocycles. The molecule has 0 aliphatic carbocycles. The van der Waals surface area contributed by atoms with E-state index in [1.54, 1.807) is 0 Å². The van der Waals surface area contributed by atoms with Crippen LogP contribution in [0.25, 0.3) is 0 Å². The normalized spacial score (nSPS) is 18.1. The Hall–Kier alpha value is -1.58. The molecule has 0 saturated carbocycles. The van der Waals surface area contributed by atoms with Crippen LogP contribution in [0, 0.1) is 0 Å². The number of pyridine rings is 1. The molecule has 0 aromatic carbocycles. The van der Waals surface area contributed by atoms with Gasteiger partial charge in [-0.15, -0.1) is 24.0 Å². The van der Waals surface area contributed by atoms with Crippen LogP contribution in [-0.4, -0.2) is 79.0 Å². The lowest BCUT2D eigenvalue weighted by atomic mass is 10.1. The number of aliphatic imine (C=N–C) groups is 1. The third-order valence-electron chi connectivity index (χ3n) is 4.96. The lowest BCUT2D eigenvalue weighted by molar-refractivity contribution is -0.130. The predicted molar refractivity (Wildman–Crippen MR) is 120 cm³/mol. The molecule has 0 bridgehead atoms. The third kappa shape index (κ3) is 6.22. The summed E-state index contributed by atoms with van der Waals surface area (Å²) in [5.41, 5.74) is 0. The van der Waals surface area contributed by atoms with Gasteiger partial charge in [-0.1, -0.05) is 6.07 Å². The zero-order chi connectivity index (χ0) is 18.2. The fourth-order valence-electron chi connectivity index (χ4n) is 3.50. The lowest BCUT2D eigenvalue weighted by Gasteiger charge is -2.37. The summed E-state index contributed by atoms with van der Waals surface area (Å²) < 4.78 is 0. The van der Waals surface area contributed by atoms with Crippen LogP contribution < -0.4 is 10.2 Å². The number of nitrogens with zero attached hydrogens (tertiary/aromatic N) is 5. The van der Waals surface area contributed by atoms with Crippen LogP contribution in [0.5, 0.6) is 0 Å². The fraction of sp³-hybridized carbons (Fsp3) is 0.632. The molecule has 8 heteroatoms. The smallest absolute Gasteiger partial charge is 0.244 e. The van der Waals surface area contributed by atoms with E-state index in [2.05, 4.69) is 32.0 Å². The summed E-state index contributed by atoms with van der Waals surface area (Å²) in [6.07, 6.45) is 5.30. The molecule has 150 valence electrons. The molecular formula is C19H31IN6O. The van der Waals surface area contributed by atoms with Gasteiger partial charge in [0.2, 0.25) is 5.91 Å². The predicted octanol–water partition coefficient (Wildman–Crippen LogP) is 1.80. The number of anilines is 1. The van der Waals surface area contributed by atoms with E-state index in [1.165, 1.54) is 6.42 Å². The molecule has 3 rings (SSSR count). The summed E-state index contributed by atoms with van der Waals surface area (Å²) >= 11 is 0. The molecule has 2 saturated heterocycles. The van der Waals surface area contributed by atoms with Crippen molar-refractivity contribution in [3.8, 4) is 0 Å². The maximum absolute atomic E-state index is 12.4. The average molecular weight is 486 g/mol. The first-order valence-corrected chi connectivity index (χ1v) is 9.75. The van der Waals surface area contributed by atoms with Crippen LogP contribution in [-0.2, 0) is 4.79 Å². The van der Waals surface area contributed by atoms with E-state index < -0.39 is 0 Å². The number of guanidine groups is 1. The van der Waals surface area contributed by atoms with Gasteiger partial charge >= 0.3 is 0 Å². The second kappa shape index (κ2) is 11.3. The van der Waals surface area contributed by atoms with Gasteiger partial charge in [-0.2, -0.15) is 0 Å². The number of halogens is 1. The molecule has 0 unspecified atom stereocenters. The van der Waals surface area contributed by atoms with Crippen LogP contribution in [0.3, 0.4) is 0 Å². The first-order chi connectivity index (χ1) is 12.8. The first kappa shape index (κ1) is 21.7. The Labute approximate surface area is 179 Å². The lowest BCUT2D eigenvalue weighted by Crippen LogP contribution is -2.53. The SMILES string of the molecule is CCNC(=NCC(=O)N1CCCCC1)N1CCN(c2ccccn2)CC1.I. The van der Waals surface area contributed by atoms with Crippen molar-refractivity contribution in [2.24, 2.45) is 4.99 Å². The van der Waals surface area contributed by atoms with Crippen molar-refractivity contribution in [3.63, 3.8) is 0 Å². The second-order valence-corrected chi connectivity index (χ2v) is 6.77. The zero-order valence-electron chi connectivity index (χ0n) is 16.1. The Bertz CT molecular complexity index is 597. The summed E-state index contributed by atoms with van der Waals surface area (Å²) in [6.45, 7) is 8.43. The number of rotatable bonds is 4. The molecule has 2 aliphatic heterocycles. The Morgan fingerprint density at radius 1 is 1.07 bits per heavy atom. The van der Waals surface area contributed by atoms with E-state index in [9.17, 15) is 4.79 Å². The number of piperazine rings is 1. The van der Waals surface area contributed by atoms with Gasteiger partial charge in [-0.05, 0) is 38.3 Å². The van der Waals surface area contributed by atoms with Gasteiger partial charge in [0.05, 0.1) is 0 Å². The van der Waals surface area contributed by atoms with Gasteiger partial charge in [0, 0.05) is 52.0 Å². The maximum Gasteiger partial charge on any atom is 0.244 e. The van der Waals surface area contributed by atoms with Gasteiger partial charge in [0.15, 0.2) is 5.96 Å². The largest absolute Gasteiger partial charge is 0.357 e. The van der Waals surface area contributed by atoms with E-state index >= 15 is 0 Å². The van der Waals surface area contributed by atoms with Crippen LogP contribution in [0.2, 0.25) is 0 Å². The van der Waals surface area contributed by atoms with E-state index in [-0.39, 0.29) is 36.4 Å². The number of hydrogen-bond acceptors (Lipinski definition) is 4. The van der Waals surface area contributed by atoms with Crippen molar-refractivity contribution in [2.75, 3.05) is 57.3 Å². The summed E-state index contributed by atoms with van der Waals surface area (Å²) in [5, 5.41) is 3.34. The molecule has 2 aliphatic rings. The first-order valence-electron chi connectivity index (χ1n) is 9.75. The molecule has 7 nitrogen and oxygen atoms in total. The van der Waals surface area contributed by atoms with Crippen molar-refractivity contribution in [3.05, 3.63) is 24.4 Å². The monoisotopic (exact) mass is 486 g/mol. The van der Waals surface area contributed by atoms with E-state index in [0.717, 1.165) is 70.4 Å². The molecule has 3 heterocycles. The minimum atomic E-state index is 0. The third-order valence-corrected chi connectivity index (χ3v) is 4.96. The zero-order valence-corrected chi connectivity index (χ0v) is 18.5. The summed E-state index contributed by atoms with van der Waals surface area (Å²) in [4.78, 5) is 27.9. The summed E-state index contributed by atoms with van der Waals surface area (Å²) in [6, 6.07) is 6.01. The molecule has 0 atom stereocenters. The van der Waals surface area contributed by atoms with Crippen LogP contribution in [0.4, 0.5) is 5.82 Å². The molecule has 1 N–H and O–H groups in total. The highest BCUT2D eigenvalue weighted by Crippen LogP contribution is 2.13. The van der Waals surface area contributed by atoms with E-state index in [0.29, 0.717) is 0 Å². The van der Waals surface area contributed by atoms with E-state index in [4.69, 9.17) is 0 Å². The average Bonchev–Trinajstić information content (AvgIpc) is 2.72. The van der Waals surface area contributed by atoms with Crippen molar-refractivity contribution >= 4 is 41.7 Å². The number of hydrogen-bond donors (Lipinski definition) is 1. The van der Waals surface area contributed by atoms with Crippen LogP contribution in [0.1, 0.15) is 26.2 Å². The minimum absolute atomic E-state index is 0. The summed E-state index contributed by atoms with van der Waals surface area (Å²) in [7, 11) is 0. The maximum atomic E-state index is 12.4. The van der Waals surface area contributed by atoms with Gasteiger partial charge in [0.1, 0.15) is 12.4 Å². The standard InChI is InChI=1S/C19H30N6O.HI/c1-2-20-19(22-16-18(26)24-10-6-3-7-11-24)25-14-12-23(13-15-25)17-8-4-5-9-21-17;/h4-5,8-9H,2-3,6-7,10-16H2,1H3,(H,20,22);1H. The number of amides is 1. The topological polar surface area (TPSA) is 64.1 Å². The highest BCUT2D eigenvalue weighted by Gasteiger charge is 2.21. The van der Waals surface area contributed by atoms with Crippen molar-refractivity contribution in [1.29, 1.82) is 0 Å². The molecule has 0 radical (unpaired) electrons. The molecular weight excluding hydrogens is 455 g/mol. The molecule has 1 amide bonds. The van der Waals surface area contributed by atoms with Gasteiger partial charge in [0.25, 0.3) is 0 Å². The fourth-order valence-corrected chi connectivity index (χ4v) is 3.50. The van der Waals surface area contributed by atoms with Crippen molar-refractivity contribution in [2.45, 2.75) is 26.2 Å². The molecule has 27 heavy (non-hydrogen) atoms. The van der Waals surface area contributed by atoms with Crippen LogP contribution >= 0.6 is 24.0 Å². The number of nitrogens with one attached hydrogen (secondary N) is 1. The van der Waals surface area contributed by atoms with Crippen molar-refractivity contribution in [1.82, 2.24) is 20.1 Å². The Balaban J connectivity index is 0.00000261. The van der Waals surface area contributed by atoms with Crippen molar-refractivity contribution < 1.29 is 4.79 Å². The Morgan fingerprint density at radius 2 is 1.81 bits per heavy atom. The summed E-state index contributed by atoms with van der Waals surface area (Å²) in [5.74, 6) is 2.01. The number of carbonyl (C=O) groups is 1. The molecule has 0 spiro atoms.